The number of carbonyl (C=O) groups is 1. The molecule has 1 amide bonds. The maximum atomic E-state index is 13.6. The van der Waals surface area contributed by atoms with E-state index >= 15 is 0 Å². The molecule has 1 aliphatic heterocycles. The van der Waals surface area contributed by atoms with Crippen LogP contribution in [0.2, 0.25) is 0 Å². The number of anilines is 1. The van der Waals surface area contributed by atoms with Crippen molar-refractivity contribution in [3.63, 3.8) is 0 Å². The second-order valence-corrected chi connectivity index (χ2v) is 10.7. The van der Waals surface area contributed by atoms with Gasteiger partial charge in [0.1, 0.15) is 11.5 Å². The zero-order chi connectivity index (χ0) is 25.2. The zero-order valence-corrected chi connectivity index (χ0v) is 20.7. The van der Waals surface area contributed by atoms with Crippen molar-refractivity contribution in [2.75, 3.05) is 18.4 Å². The number of rotatable bonds is 6. The lowest BCUT2D eigenvalue weighted by molar-refractivity contribution is -0.120. The first-order chi connectivity index (χ1) is 16.6. The predicted molar refractivity (Wildman–Crippen MR) is 133 cm³/mol. The number of amides is 1. The van der Waals surface area contributed by atoms with Gasteiger partial charge in [0.05, 0.1) is 5.92 Å². The number of carbonyl (C=O) groups excluding carboxylic acids is 1. The molecule has 2 aromatic carbocycles. The van der Waals surface area contributed by atoms with Crippen LogP contribution in [-0.2, 0) is 14.8 Å². The maximum Gasteiger partial charge on any atom is 0.248 e. The Kier molecular flexibility index (Phi) is 7.18. The summed E-state index contributed by atoms with van der Waals surface area (Å²) >= 11 is 0. The summed E-state index contributed by atoms with van der Waals surface area (Å²) in [6.07, 6.45) is 4.49. The maximum absolute atomic E-state index is 13.6. The summed E-state index contributed by atoms with van der Waals surface area (Å²) in [5.41, 5.74) is 3.69. The molecule has 1 unspecified atom stereocenters. The molecule has 184 valence electrons. The van der Waals surface area contributed by atoms with Crippen LogP contribution in [-0.4, -0.2) is 36.9 Å². The van der Waals surface area contributed by atoms with Gasteiger partial charge in [-0.2, -0.15) is 4.31 Å². The minimum absolute atomic E-state index is 0.00486. The largest absolute Gasteiger partial charge is 0.355 e. The second-order valence-electron chi connectivity index (χ2n) is 8.86. The van der Waals surface area contributed by atoms with Crippen molar-refractivity contribution in [2.45, 2.75) is 38.5 Å². The molecule has 1 N–H and O–H groups in total. The highest BCUT2D eigenvalue weighted by Crippen LogP contribution is 2.30. The van der Waals surface area contributed by atoms with E-state index in [9.17, 15) is 17.6 Å². The summed E-state index contributed by atoms with van der Waals surface area (Å²) in [5, 5.41) is 6.59. The standard InChI is InChI=1S/C26H28FN3O4S/c1-17-9-10-18(2)20(14-17)11-12-24-25(19(3)29-34-24)35(32,33)30-13-5-6-21(16-30)26(31)28-23-8-4-7-22(27)15-23/h4,7-12,14-15,21H,5-6,13,16H2,1-3H3,(H,28,31)/b12-11+. The summed E-state index contributed by atoms with van der Waals surface area (Å²) in [6.45, 7) is 5.86. The Morgan fingerprint density at radius 1 is 1.17 bits per heavy atom. The molecular formula is C26H28FN3O4S. The van der Waals surface area contributed by atoms with E-state index < -0.39 is 21.8 Å². The molecule has 1 atom stereocenters. The monoisotopic (exact) mass is 497 g/mol. The molecule has 0 bridgehead atoms. The van der Waals surface area contributed by atoms with Crippen molar-refractivity contribution in [3.05, 3.63) is 76.4 Å². The van der Waals surface area contributed by atoms with Crippen molar-refractivity contribution in [3.8, 4) is 0 Å². The highest BCUT2D eigenvalue weighted by molar-refractivity contribution is 7.89. The molecule has 7 nitrogen and oxygen atoms in total. The van der Waals surface area contributed by atoms with Crippen LogP contribution >= 0.6 is 0 Å². The van der Waals surface area contributed by atoms with Crippen LogP contribution < -0.4 is 5.32 Å². The highest BCUT2D eigenvalue weighted by Gasteiger charge is 2.37. The van der Waals surface area contributed by atoms with Crippen LogP contribution in [0.1, 0.15) is 41.0 Å². The van der Waals surface area contributed by atoms with E-state index in [2.05, 4.69) is 10.5 Å². The fraction of sp³-hybridized carbons (Fsp3) is 0.308. The molecule has 0 aliphatic carbocycles. The molecule has 2 heterocycles. The average Bonchev–Trinajstić information content (AvgIpc) is 3.21. The molecule has 1 aliphatic rings. The predicted octanol–water partition coefficient (Wildman–Crippen LogP) is 4.95. The number of nitrogens with zero attached hydrogens (tertiary/aromatic N) is 2. The van der Waals surface area contributed by atoms with Crippen LogP contribution in [0.25, 0.3) is 12.2 Å². The third-order valence-electron chi connectivity index (χ3n) is 6.13. The van der Waals surface area contributed by atoms with E-state index in [-0.39, 0.29) is 35.3 Å². The number of hydrogen-bond donors (Lipinski definition) is 1. The summed E-state index contributed by atoms with van der Waals surface area (Å²) in [7, 11) is -3.96. The molecule has 1 fully saturated rings. The molecule has 1 saturated heterocycles. The van der Waals surface area contributed by atoms with Crippen LogP contribution in [0.3, 0.4) is 0 Å². The SMILES string of the molecule is Cc1ccc(C)c(/C=C/c2onc(C)c2S(=O)(=O)N2CCCC(C(=O)Nc3cccc(F)c3)C2)c1. The lowest BCUT2D eigenvalue weighted by Gasteiger charge is -2.31. The Morgan fingerprint density at radius 2 is 1.97 bits per heavy atom. The number of piperidine rings is 1. The van der Waals surface area contributed by atoms with Crippen LogP contribution in [0, 0.1) is 32.5 Å². The van der Waals surface area contributed by atoms with Gasteiger partial charge < -0.3 is 9.84 Å². The minimum atomic E-state index is -3.96. The first kappa shape index (κ1) is 24.8. The van der Waals surface area contributed by atoms with E-state index in [0.29, 0.717) is 18.5 Å². The normalized spacial score (nSPS) is 17.1. The van der Waals surface area contributed by atoms with Crippen molar-refractivity contribution in [1.82, 2.24) is 9.46 Å². The molecule has 0 spiro atoms. The Balaban J connectivity index is 1.55. The van der Waals surface area contributed by atoms with Gasteiger partial charge in [0, 0.05) is 18.8 Å². The zero-order valence-electron chi connectivity index (χ0n) is 19.9. The van der Waals surface area contributed by atoms with E-state index in [1.807, 2.05) is 38.1 Å². The molecule has 1 aromatic heterocycles. The second kappa shape index (κ2) is 10.1. The number of aryl methyl sites for hydroxylation is 3. The molecule has 3 aromatic rings. The number of benzene rings is 2. The Morgan fingerprint density at radius 3 is 2.74 bits per heavy atom. The van der Waals surface area contributed by atoms with Crippen molar-refractivity contribution < 1.29 is 22.1 Å². The van der Waals surface area contributed by atoms with Gasteiger partial charge in [-0.25, -0.2) is 12.8 Å². The van der Waals surface area contributed by atoms with E-state index in [4.69, 9.17) is 4.52 Å². The third-order valence-corrected chi connectivity index (χ3v) is 8.15. The van der Waals surface area contributed by atoms with Crippen molar-refractivity contribution in [2.24, 2.45) is 5.92 Å². The molecule has 9 heteroatoms. The molecular weight excluding hydrogens is 469 g/mol. The molecule has 35 heavy (non-hydrogen) atoms. The van der Waals surface area contributed by atoms with Gasteiger partial charge in [-0.15, -0.1) is 0 Å². The van der Waals surface area contributed by atoms with Gasteiger partial charge in [0.2, 0.25) is 15.9 Å². The van der Waals surface area contributed by atoms with Gasteiger partial charge in [-0.05, 0) is 69.0 Å². The number of nitrogens with one attached hydrogen (secondary N) is 1. The first-order valence-electron chi connectivity index (χ1n) is 11.4. The Bertz CT molecular complexity index is 1380. The lowest BCUT2D eigenvalue weighted by atomic mass is 9.99. The first-order valence-corrected chi connectivity index (χ1v) is 12.9. The number of sulfonamides is 1. The Hall–Kier alpha value is -3.30. The minimum Gasteiger partial charge on any atom is -0.355 e. The fourth-order valence-electron chi connectivity index (χ4n) is 4.22. The number of halogens is 1. The van der Waals surface area contributed by atoms with Gasteiger partial charge in [0.15, 0.2) is 10.7 Å². The topological polar surface area (TPSA) is 92.5 Å². The summed E-state index contributed by atoms with van der Waals surface area (Å²) < 4.78 is 47.4. The lowest BCUT2D eigenvalue weighted by Crippen LogP contribution is -2.43. The molecule has 0 saturated carbocycles. The third kappa shape index (κ3) is 5.52. The van der Waals surface area contributed by atoms with Crippen LogP contribution in [0.15, 0.2) is 51.9 Å². The highest BCUT2D eigenvalue weighted by atomic mass is 32.2. The summed E-state index contributed by atoms with van der Waals surface area (Å²) in [4.78, 5) is 12.8. The van der Waals surface area contributed by atoms with Crippen LogP contribution in [0.4, 0.5) is 10.1 Å². The number of hydrogen-bond acceptors (Lipinski definition) is 5. The fourth-order valence-corrected chi connectivity index (χ4v) is 5.99. The molecule has 4 rings (SSSR count). The van der Waals surface area contributed by atoms with E-state index in [1.54, 1.807) is 19.1 Å². The summed E-state index contributed by atoms with van der Waals surface area (Å²) in [6, 6.07) is 11.6. The van der Waals surface area contributed by atoms with Gasteiger partial charge in [-0.3, -0.25) is 4.79 Å². The molecule has 0 radical (unpaired) electrons. The number of aromatic nitrogens is 1. The van der Waals surface area contributed by atoms with E-state index in [0.717, 1.165) is 16.7 Å². The quantitative estimate of drug-likeness (QED) is 0.520. The van der Waals surface area contributed by atoms with Gasteiger partial charge in [-0.1, -0.05) is 41.1 Å². The van der Waals surface area contributed by atoms with Crippen LogP contribution in [0.5, 0.6) is 0 Å². The van der Waals surface area contributed by atoms with Gasteiger partial charge >= 0.3 is 0 Å². The van der Waals surface area contributed by atoms with Crippen molar-refractivity contribution >= 4 is 33.8 Å². The Labute approximate surface area is 204 Å². The average molecular weight is 498 g/mol. The summed E-state index contributed by atoms with van der Waals surface area (Å²) in [5.74, 6) is -1.21. The van der Waals surface area contributed by atoms with Crippen molar-refractivity contribution in [1.29, 1.82) is 0 Å². The smallest absolute Gasteiger partial charge is 0.248 e. The van der Waals surface area contributed by atoms with E-state index in [1.165, 1.54) is 22.5 Å². The van der Waals surface area contributed by atoms with Gasteiger partial charge in [0.25, 0.3) is 0 Å².